The lowest BCUT2D eigenvalue weighted by Gasteiger charge is -2.15. The van der Waals surface area contributed by atoms with Crippen molar-refractivity contribution in [3.8, 4) is 17.6 Å². The van der Waals surface area contributed by atoms with E-state index >= 15 is 8.78 Å². The van der Waals surface area contributed by atoms with Gasteiger partial charge < -0.3 is 36.0 Å². The van der Waals surface area contributed by atoms with Gasteiger partial charge in [0.2, 0.25) is 18.9 Å². The van der Waals surface area contributed by atoms with Crippen LogP contribution >= 0.6 is 18.7 Å². The van der Waals surface area contributed by atoms with E-state index in [1.807, 2.05) is 0 Å². The van der Waals surface area contributed by atoms with Crippen LogP contribution in [0.1, 0.15) is 24.0 Å². The second-order valence-corrected chi connectivity index (χ2v) is 15.3. The van der Waals surface area contributed by atoms with E-state index in [0.29, 0.717) is 30.2 Å². The Morgan fingerprint density at radius 1 is 0.873 bits per heavy atom. The first-order valence-corrected chi connectivity index (χ1v) is 18.3. The predicted molar refractivity (Wildman–Crippen MR) is 168 cm³/mol. The summed E-state index contributed by atoms with van der Waals surface area (Å²) in [7, 11) is -9.50. The molecule has 2 aromatic carbocycles. The Morgan fingerprint density at radius 3 is 1.73 bits per heavy atom. The Morgan fingerprint density at radius 2 is 1.33 bits per heavy atom. The minimum Gasteiger partial charge on any atom is -0.487 e. The van der Waals surface area contributed by atoms with Crippen LogP contribution in [0.25, 0.3) is 10.1 Å². The van der Waals surface area contributed by atoms with Crippen molar-refractivity contribution in [1.29, 1.82) is 5.26 Å². The molecule has 0 amide bonds. The lowest BCUT2D eigenvalue weighted by atomic mass is 10.1. The fourth-order valence-electron chi connectivity index (χ4n) is 3.44. The number of hydrogen-bond donors (Lipinski definition) is 6. The number of nitriles is 1. The van der Waals surface area contributed by atoms with Crippen LogP contribution in [0.3, 0.4) is 0 Å². The van der Waals surface area contributed by atoms with Gasteiger partial charge >= 0.3 is 30.5 Å². The van der Waals surface area contributed by atoms with E-state index < -0.39 is 108 Å². The molecule has 0 bridgehead atoms. The number of halogens is 11. The molecule has 0 aliphatic heterocycles. The van der Waals surface area contributed by atoms with Crippen LogP contribution in [0.5, 0.6) is 11.5 Å². The molecule has 308 valence electrons. The van der Waals surface area contributed by atoms with E-state index in [2.05, 4.69) is 0 Å². The molecule has 3 aromatic rings. The number of sulfonamides is 1. The van der Waals surface area contributed by atoms with Gasteiger partial charge in [0.25, 0.3) is 10.0 Å². The average Bonchev–Trinajstić information content (AvgIpc) is 3.54. The molecule has 8 N–H and O–H groups in total. The van der Waals surface area contributed by atoms with Gasteiger partial charge in [-0.2, -0.15) is 44.8 Å². The van der Waals surface area contributed by atoms with E-state index in [9.17, 15) is 57.4 Å². The third-order valence-corrected chi connectivity index (χ3v) is 10.9. The van der Waals surface area contributed by atoms with Crippen LogP contribution in [0.4, 0.5) is 48.3 Å². The largest absolute Gasteiger partial charge is 0.490 e. The maximum absolute atomic E-state index is 15.4. The van der Waals surface area contributed by atoms with Gasteiger partial charge in [-0.15, -0.1) is 11.3 Å². The maximum atomic E-state index is 15.4. The van der Waals surface area contributed by atoms with Crippen molar-refractivity contribution < 1.29 is 95.4 Å². The molecule has 0 aliphatic carbocycles. The summed E-state index contributed by atoms with van der Waals surface area (Å²) in [4.78, 5) is 28.2. The summed E-state index contributed by atoms with van der Waals surface area (Å²) in [6.45, 7) is 0.189. The number of rotatable bonds is 13. The highest BCUT2D eigenvalue weighted by Gasteiger charge is 2.39. The Kier molecular flexibility index (Phi) is 17.3. The molecule has 0 spiro atoms. The summed E-state index contributed by atoms with van der Waals surface area (Å²) in [5.74, 6) is -8.95. The third kappa shape index (κ3) is 14.0. The number of carboxylic acid groups (broad SMARTS) is 2. The smallest absolute Gasteiger partial charge is 0.487 e. The van der Waals surface area contributed by atoms with Crippen molar-refractivity contribution in [2.24, 2.45) is 11.5 Å². The number of nitrogens with one attached hydrogen (secondary N) is 1. The van der Waals surface area contributed by atoms with Crippen molar-refractivity contribution in [2.45, 2.75) is 35.6 Å². The Labute approximate surface area is 305 Å². The van der Waals surface area contributed by atoms with E-state index in [1.165, 1.54) is 6.07 Å². The number of aliphatic carboxylic acids is 2. The Bertz CT molecular complexity index is 1960. The van der Waals surface area contributed by atoms with Crippen LogP contribution in [0.2, 0.25) is 0 Å². The van der Waals surface area contributed by atoms with Crippen molar-refractivity contribution >= 4 is 56.1 Å². The molecule has 1 atom stereocenters. The maximum Gasteiger partial charge on any atom is 0.490 e. The van der Waals surface area contributed by atoms with Crippen molar-refractivity contribution in [2.75, 3.05) is 32.6 Å². The summed E-state index contributed by atoms with van der Waals surface area (Å²) in [5.41, 5.74) is 8.55. The highest BCUT2D eigenvalue weighted by molar-refractivity contribution is 7.92. The number of hydrogen-bond acceptors (Lipinski definition) is 11. The van der Waals surface area contributed by atoms with Gasteiger partial charge in [0.05, 0.1) is 41.4 Å². The summed E-state index contributed by atoms with van der Waals surface area (Å²) >= 11 is 0.291. The predicted octanol–water partition coefficient (Wildman–Crippen LogP) is 4.62. The minimum atomic E-state index is -5.08. The lowest BCUT2D eigenvalue weighted by molar-refractivity contribution is -0.193. The van der Waals surface area contributed by atoms with Gasteiger partial charge in [-0.05, 0) is 50.2 Å². The lowest BCUT2D eigenvalue weighted by Crippen LogP contribution is -2.27. The number of carboxylic acids is 2. The molecular formula is C27H26F11N4O10PS2. The molecule has 1 unspecified atom stereocenters. The number of fused-ring (bicyclic) bond motifs is 1. The van der Waals surface area contributed by atoms with E-state index in [1.54, 1.807) is 4.72 Å². The zero-order chi connectivity index (χ0) is 42.7. The Hall–Kier alpha value is -4.32. The molecule has 0 saturated heterocycles. The summed E-state index contributed by atoms with van der Waals surface area (Å²) in [6, 6.07) is 3.88. The fourth-order valence-corrected chi connectivity index (χ4v) is 7.74. The normalized spacial score (nSPS) is 13.0. The molecule has 55 heavy (non-hydrogen) atoms. The summed E-state index contributed by atoms with van der Waals surface area (Å²) in [6.07, 6.45) is -15.9. The van der Waals surface area contributed by atoms with Gasteiger partial charge in [0.1, 0.15) is 4.21 Å². The van der Waals surface area contributed by atoms with Crippen LogP contribution in [0, 0.1) is 23.0 Å². The molecule has 0 fully saturated rings. The molecule has 3 rings (SSSR count). The minimum absolute atomic E-state index is 0.0963. The quantitative estimate of drug-likeness (QED) is 0.0780. The summed E-state index contributed by atoms with van der Waals surface area (Å²) in [5, 5.41) is 21.9. The molecule has 0 radical (unpaired) electrons. The number of thiophene rings is 1. The average molecular weight is 871 g/mol. The SMILES string of the molecule is N#Cc1ccc(P(=O)(O)CNS(=O)(=O)c2cc3c(F)c(OCCCN)c(OCCCN)c(F)c3s2)cc1C(F)(F)F.O=C(O)C(F)(F)F.O=C(O)C(F)(F)F. The van der Waals surface area contributed by atoms with E-state index in [-0.39, 0.29) is 32.4 Å². The number of ether oxygens (including phenoxy) is 2. The van der Waals surface area contributed by atoms with Crippen LogP contribution in [-0.2, 0) is 30.4 Å². The highest BCUT2D eigenvalue weighted by Crippen LogP contribution is 2.45. The second-order valence-electron chi connectivity index (χ2n) is 10.0. The number of carbonyl (C=O) groups is 2. The van der Waals surface area contributed by atoms with Gasteiger partial charge in [-0.25, -0.2) is 31.5 Å². The number of nitrogens with zero attached hydrogens (tertiary/aromatic N) is 1. The van der Waals surface area contributed by atoms with Crippen molar-refractivity contribution in [3.05, 3.63) is 47.0 Å². The van der Waals surface area contributed by atoms with Gasteiger partial charge in [-0.3, -0.25) is 4.57 Å². The zero-order valence-corrected chi connectivity index (χ0v) is 29.5. The highest BCUT2D eigenvalue weighted by atomic mass is 32.2. The number of alkyl halides is 9. The molecule has 0 aliphatic rings. The van der Waals surface area contributed by atoms with Gasteiger partial charge in [-0.1, -0.05) is 0 Å². The van der Waals surface area contributed by atoms with Crippen LogP contribution in [0.15, 0.2) is 28.5 Å². The zero-order valence-electron chi connectivity index (χ0n) is 27.0. The first-order chi connectivity index (χ1) is 25.1. The molecule has 1 heterocycles. The number of benzene rings is 2. The van der Waals surface area contributed by atoms with E-state index in [0.717, 1.165) is 12.1 Å². The fraction of sp³-hybridized carbons (Fsp3) is 0.370. The number of nitrogens with two attached hydrogens (primary N) is 2. The Balaban J connectivity index is 0.000000913. The first kappa shape index (κ1) is 48.7. The third-order valence-electron chi connectivity index (χ3n) is 5.99. The van der Waals surface area contributed by atoms with Gasteiger partial charge in [0, 0.05) is 10.7 Å². The molecular weight excluding hydrogens is 844 g/mol. The second kappa shape index (κ2) is 19.5. The standard InChI is InChI=1S/C23H24F5N4O6PS2.2C2HF3O2/c24-18-15-10-17(40-22(15)19(25)21(38-8-2-6-30)20(18)37-7-1-5-29)41(35,36)32-12-39(33,34)14-4-3-13(11-31)16(9-14)23(26,27)28;2*3-2(4,5)1(6)7/h3-4,9-10,32H,1-2,5-8,12,29-30H2,(H,33,34);2*(H,6,7). The van der Waals surface area contributed by atoms with Crippen LogP contribution < -0.4 is 31.0 Å². The molecule has 28 heteroatoms. The first-order valence-electron chi connectivity index (χ1n) is 14.2. The molecule has 1 aromatic heterocycles. The van der Waals surface area contributed by atoms with Crippen molar-refractivity contribution in [3.63, 3.8) is 0 Å². The molecule has 14 nitrogen and oxygen atoms in total. The van der Waals surface area contributed by atoms with Gasteiger partial charge in [0.15, 0.2) is 11.6 Å². The van der Waals surface area contributed by atoms with Crippen molar-refractivity contribution in [1.82, 2.24) is 4.72 Å². The van der Waals surface area contributed by atoms with E-state index in [4.69, 9.17) is 46.0 Å². The van der Waals surface area contributed by atoms with Crippen LogP contribution in [-0.4, -0.2) is 80.4 Å². The summed E-state index contributed by atoms with van der Waals surface area (Å²) < 4.78 is 184. The molecule has 0 saturated carbocycles. The topological polar surface area (TPSA) is 252 Å². The monoisotopic (exact) mass is 870 g/mol.